The normalized spacial score (nSPS) is 19.9. The van der Waals surface area contributed by atoms with Crippen molar-refractivity contribution in [1.82, 2.24) is 25.1 Å². The van der Waals surface area contributed by atoms with Crippen molar-refractivity contribution in [2.24, 2.45) is 0 Å². The Morgan fingerprint density at radius 1 is 1.22 bits per heavy atom. The van der Waals surface area contributed by atoms with Gasteiger partial charge in [0.15, 0.2) is 0 Å². The van der Waals surface area contributed by atoms with E-state index < -0.39 is 6.43 Å². The van der Waals surface area contributed by atoms with Gasteiger partial charge in [-0.1, -0.05) is 18.2 Å². The Bertz CT molecular complexity index is 1070. The minimum Gasteiger partial charge on any atom is -0.394 e. The van der Waals surface area contributed by atoms with Crippen LogP contribution in [0.2, 0.25) is 0 Å². The van der Waals surface area contributed by atoms with Gasteiger partial charge in [0.1, 0.15) is 5.69 Å². The number of aliphatic hydroxyl groups excluding tert-OH is 1. The molecule has 1 amide bonds. The molecule has 1 atom stereocenters. The Kier molecular flexibility index (Phi) is 6.71. The zero-order valence-corrected chi connectivity index (χ0v) is 17.6. The van der Waals surface area contributed by atoms with Gasteiger partial charge in [0.2, 0.25) is 0 Å². The van der Waals surface area contributed by atoms with Crippen LogP contribution < -0.4 is 5.32 Å². The number of hydrogen-bond acceptors (Lipinski definition) is 6. The molecule has 4 rings (SSSR count). The summed E-state index contributed by atoms with van der Waals surface area (Å²) in [5.41, 5.74) is 0.417. The molecule has 2 N–H and O–H groups in total. The Morgan fingerprint density at radius 2 is 1.91 bits per heavy atom. The fourth-order valence-electron chi connectivity index (χ4n) is 3.94. The summed E-state index contributed by atoms with van der Waals surface area (Å²) in [6.07, 6.45) is 3.10. The molecule has 0 saturated heterocycles. The second kappa shape index (κ2) is 9.66. The number of halogens is 2. The fourth-order valence-corrected chi connectivity index (χ4v) is 3.94. The highest BCUT2D eigenvalue weighted by molar-refractivity contribution is 5.93. The number of fused-ring (bicyclic) bond motifs is 1. The predicted octanol–water partition coefficient (Wildman–Crippen LogP) is 3.19. The number of aliphatic hydroxyl groups is 1. The molecular formula is C22H25F2N5O3. The minimum atomic E-state index is -2.72. The van der Waals surface area contributed by atoms with Crippen LogP contribution in [-0.2, 0) is 4.74 Å². The SMILES string of the molecule is C[C@@H](CO)OC1CCC(NC(=O)c2cnc(-n3nc(C(F)F)c4ccccc43)nc2)CC1. The molecule has 1 fully saturated rings. The number of carbonyl (C=O) groups is 1. The minimum absolute atomic E-state index is 0.00949. The number of aromatic nitrogens is 4. The molecule has 0 radical (unpaired) electrons. The van der Waals surface area contributed by atoms with E-state index in [0.717, 1.165) is 25.7 Å². The van der Waals surface area contributed by atoms with Crippen LogP contribution >= 0.6 is 0 Å². The maximum Gasteiger partial charge on any atom is 0.282 e. The number of nitrogens with zero attached hydrogens (tertiary/aromatic N) is 4. The molecule has 3 aromatic rings. The summed E-state index contributed by atoms with van der Waals surface area (Å²) in [4.78, 5) is 21.0. The van der Waals surface area contributed by atoms with Crippen molar-refractivity contribution in [3.63, 3.8) is 0 Å². The zero-order valence-electron chi connectivity index (χ0n) is 17.6. The van der Waals surface area contributed by atoms with Gasteiger partial charge in [-0.3, -0.25) is 4.79 Å². The Balaban J connectivity index is 1.41. The molecule has 1 aliphatic carbocycles. The highest BCUT2D eigenvalue weighted by Crippen LogP contribution is 2.28. The van der Waals surface area contributed by atoms with E-state index in [-0.39, 0.29) is 48.0 Å². The molecule has 1 saturated carbocycles. The number of ether oxygens (including phenoxy) is 1. The Labute approximate surface area is 183 Å². The third-order valence-electron chi connectivity index (χ3n) is 5.60. The van der Waals surface area contributed by atoms with Gasteiger partial charge in [-0.15, -0.1) is 0 Å². The summed E-state index contributed by atoms with van der Waals surface area (Å²) in [5.74, 6) is -0.177. The summed E-state index contributed by atoms with van der Waals surface area (Å²) in [7, 11) is 0. The smallest absolute Gasteiger partial charge is 0.282 e. The lowest BCUT2D eigenvalue weighted by Crippen LogP contribution is -2.40. The van der Waals surface area contributed by atoms with Crippen molar-refractivity contribution >= 4 is 16.8 Å². The first-order valence-electron chi connectivity index (χ1n) is 10.6. The largest absolute Gasteiger partial charge is 0.394 e. The van der Waals surface area contributed by atoms with Crippen LogP contribution in [-0.4, -0.2) is 55.6 Å². The molecule has 8 nitrogen and oxygen atoms in total. The highest BCUT2D eigenvalue weighted by atomic mass is 19.3. The molecular weight excluding hydrogens is 420 g/mol. The molecule has 170 valence electrons. The van der Waals surface area contributed by atoms with Gasteiger partial charge in [-0.05, 0) is 38.7 Å². The second-order valence-corrected chi connectivity index (χ2v) is 7.96. The third kappa shape index (κ3) is 4.76. The molecule has 0 bridgehead atoms. The first kappa shape index (κ1) is 22.2. The number of rotatable bonds is 7. The van der Waals surface area contributed by atoms with E-state index in [2.05, 4.69) is 20.4 Å². The number of carbonyl (C=O) groups excluding carboxylic acids is 1. The molecule has 0 aliphatic heterocycles. The quantitative estimate of drug-likeness (QED) is 0.579. The van der Waals surface area contributed by atoms with Gasteiger partial charge < -0.3 is 15.2 Å². The lowest BCUT2D eigenvalue weighted by Gasteiger charge is -2.30. The lowest BCUT2D eigenvalue weighted by molar-refractivity contribution is -0.0465. The topological polar surface area (TPSA) is 102 Å². The van der Waals surface area contributed by atoms with E-state index in [4.69, 9.17) is 9.84 Å². The van der Waals surface area contributed by atoms with Gasteiger partial charge in [0, 0.05) is 23.8 Å². The molecule has 10 heteroatoms. The van der Waals surface area contributed by atoms with E-state index in [1.54, 1.807) is 24.3 Å². The van der Waals surface area contributed by atoms with Gasteiger partial charge in [-0.2, -0.15) is 9.78 Å². The van der Waals surface area contributed by atoms with Crippen molar-refractivity contribution in [3.05, 3.63) is 47.9 Å². The summed E-state index contributed by atoms with van der Waals surface area (Å²) in [6.45, 7) is 1.82. The Hall–Kier alpha value is -2.98. The monoisotopic (exact) mass is 445 g/mol. The van der Waals surface area contributed by atoms with Gasteiger partial charge in [-0.25, -0.2) is 18.7 Å². The number of alkyl halides is 2. The number of nitrogens with one attached hydrogen (secondary N) is 1. The van der Waals surface area contributed by atoms with Crippen molar-refractivity contribution in [2.45, 2.75) is 57.3 Å². The number of hydrogen-bond donors (Lipinski definition) is 2. The predicted molar refractivity (Wildman–Crippen MR) is 113 cm³/mol. The van der Waals surface area contributed by atoms with E-state index in [0.29, 0.717) is 10.9 Å². The van der Waals surface area contributed by atoms with Crippen LogP contribution in [0.15, 0.2) is 36.7 Å². The molecule has 2 aromatic heterocycles. The van der Waals surface area contributed by atoms with Crippen LogP contribution in [0.4, 0.5) is 8.78 Å². The molecule has 32 heavy (non-hydrogen) atoms. The summed E-state index contributed by atoms with van der Waals surface area (Å²) >= 11 is 0. The van der Waals surface area contributed by atoms with E-state index in [1.165, 1.54) is 17.1 Å². The van der Waals surface area contributed by atoms with E-state index in [1.807, 2.05) is 6.92 Å². The third-order valence-corrected chi connectivity index (χ3v) is 5.60. The van der Waals surface area contributed by atoms with Crippen molar-refractivity contribution in [2.75, 3.05) is 6.61 Å². The van der Waals surface area contributed by atoms with Gasteiger partial charge in [0.25, 0.3) is 18.3 Å². The fraction of sp³-hybridized carbons (Fsp3) is 0.455. The van der Waals surface area contributed by atoms with Crippen LogP contribution in [0.5, 0.6) is 0 Å². The molecule has 0 spiro atoms. The molecule has 1 aromatic carbocycles. The van der Waals surface area contributed by atoms with Crippen LogP contribution in [0.3, 0.4) is 0 Å². The highest BCUT2D eigenvalue weighted by Gasteiger charge is 2.25. The maximum absolute atomic E-state index is 13.3. The number of benzene rings is 1. The zero-order chi connectivity index (χ0) is 22.7. The van der Waals surface area contributed by atoms with Gasteiger partial charge in [0.05, 0.1) is 29.9 Å². The average Bonchev–Trinajstić information content (AvgIpc) is 3.20. The van der Waals surface area contributed by atoms with Gasteiger partial charge >= 0.3 is 0 Å². The molecule has 2 heterocycles. The molecule has 1 aliphatic rings. The first-order chi connectivity index (χ1) is 15.5. The van der Waals surface area contributed by atoms with Crippen LogP contribution in [0.25, 0.3) is 16.9 Å². The second-order valence-electron chi connectivity index (χ2n) is 7.96. The Morgan fingerprint density at radius 3 is 2.56 bits per heavy atom. The summed E-state index contributed by atoms with van der Waals surface area (Å²) in [5, 5.41) is 16.4. The van der Waals surface area contributed by atoms with Crippen molar-refractivity contribution < 1.29 is 23.4 Å². The van der Waals surface area contributed by atoms with Crippen LogP contribution in [0.1, 0.15) is 55.1 Å². The average molecular weight is 445 g/mol. The number of amides is 1. The van der Waals surface area contributed by atoms with E-state index in [9.17, 15) is 13.6 Å². The standard InChI is InChI=1S/C22H25F2N5O3/c1-13(12-30)32-16-8-6-15(7-9-16)27-21(31)14-10-25-22(26-11-14)29-18-5-3-2-4-17(18)19(28-29)20(23)24/h2-5,10-11,13,15-16,20,30H,6-9,12H2,1H3,(H,27,31)/t13-,15?,16?/m0/s1. The number of para-hydroxylation sites is 1. The maximum atomic E-state index is 13.3. The van der Waals surface area contributed by atoms with Crippen molar-refractivity contribution in [1.29, 1.82) is 0 Å². The summed E-state index contributed by atoms with van der Waals surface area (Å²) in [6, 6.07) is 6.66. The van der Waals surface area contributed by atoms with Crippen LogP contribution in [0, 0.1) is 0 Å². The van der Waals surface area contributed by atoms with E-state index >= 15 is 0 Å². The summed E-state index contributed by atoms with van der Waals surface area (Å²) < 4.78 is 33.7. The molecule has 0 unspecified atom stereocenters. The first-order valence-corrected chi connectivity index (χ1v) is 10.6. The van der Waals surface area contributed by atoms with Crippen molar-refractivity contribution in [3.8, 4) is 5.95 Å². The lowest BCUT2D eigenvalue weighted by atomic mass is 9.92.